The molecule has 1 saturated heterocycles. The number of rotatable bonds is 5. The molecular weight excluding hydrogens is 262 g/mol. The Morgan fingerprint density at radius 3 is 2.85 bits per heavy atom. The van der Waals surface area contributed by atoms with E-state index in [1.54, 1.807) is 12.1 Å². The Bertz CT molecular complexity index is 454. The number of hydrogen-bond acceptors (Lipinski definition) is 3. The molecule has 1 aliphatic heterocycles. The van der Waals surface area contributed by atoms with E-state index in [4.69, 9.17) is 10.5 Å². The number of hydrogen-bond donors (Lipinski definition) is 1. The van der Waals surface area contributed by atoms with Crippen LogP contribution < -0.4 is 10.6 Å². The zero-order chi connectivity index (χ0) is 14.5. The van der Waals surface area contributed by atoms with Gasteiger partial charge < -0.3 is 15.4 Å². The van der Waals surface area contributed by atoms with Gasteiger partial charge in [-0.2, -0.15) is 0 Å². The van der Waals surface area contributed by atoms with E-state index in [1.807, 2.05) is 4.90 Å². The summed E-state index contributed by atoms with van der Waals surface area (Å²) < 4.78 is 33.6. The molecule has 1 atom stereocenters. The quantitative estimate of drug-likeness (QED) is 0.903. The van der Waals surface area contributed by atoms with Gasteiger partial charge in [-0.25, -0.2) is 8.78 Å². The van der Waals surface area contributed by atoms with Gasteiger partial charge in [-0.3, -0.25) is 0 Å². The molecule has 1 heterocycles. The molecule has 3 nitrogen and oxygen atoms in total. The van der Waals surface area contributed by atoms with E-state index in [-0.39, 0.29) is 18.2 Å². The summed E-state index contributed by atoms with van der Waals surface area (Å²) in [6.45, 7) is 4.11. The number of piperidine rings is 1. The van der Waals surface area contributed by atoms with Crippen LogP contribution >= 0.6 is 0 Å². The molecule has 20 heavy (non-hydrogen) atoms. The van der Waals surface area contributed by atoms with Crippen LogP contribution in [0.2, 0.25) is 0 Å². The first kappa shape index (κ1) is 15.2. The largest absolute Gasteiger partial charge is 0.376 e. The van der Waals surface area contributed by atoms with Gasteiger partial charge in [0.2, 0.25) is 0 Å². The van der Waals surface area contributed by atoms with Crippen molar-refractivity contribution in [3.05, 3.63) is 29.3 Å². The fraction of sp³-hybridized carbons (Fsp3) is 0.600. The van der Waals surface area contributed by atoms with Crippen molar-refractivity contribution in [1.82, 2.24) is 0 Å². The van der Waals surface area contributed by atoms with Crippen LogP contribution in [0.15, 0.2) is 12.1 Å². The zero-order valence-electron chi connectivity index (χ0n) is 11.9. The number of halogens is 2. The first-order valence-electron chi connectivity index (χ1n) is 7.20. The normalized spacial score (nSPS) is 19.4. The molecule has 2 rings (SSSR count). The van der Waals surface area contributed by atoms with Gasteiger partial charge in [-0.1, -0.05) is 13.0 Å². The van der Waals surface area contributed by atoms with Gasteiger partial charge in [0, 0.05) is 31.8 Å². The van der Waals surface area contributed by atoms with Crippen LogP contribution in [-0.4, -0.2) is 25.8 Å². The maximum absolute atomic E-state index is 14.1. The third kappa shape index (κ3) is 3.27. The number of nitrogens with zero attached hydrogens (tertiary/aromatic N) is 1. The summed E-state index contributed by atoms with van der Waals surface area (Å²) in [5.41, 5.74) is 5.90. The highest BCUT2D eigenvalue weighted by Gasteiger charge is 2.24. The van der Waals surface area contributed by atoms with Crippen LogP contribution in [0.4, 0.5) is 14.5 Å². The van der Waals surface area contributed by atoms with Crippen molar-refractivity contribution in [2.75, 3.05) is 24.6 Å². The van der Waals surface area contributed by atoms with Crippen molar-refractivity contribution in [2.24, 2.45) is 5.73 Å². The van der Waals surface area contributed by atoms with Gasteiger partial charge in [0.05, 0.1) is 11.8 Å². The highest BCUT2D eigenvalue weighted by Crippen LogP contribution is 2.27. The van der Waals surface area contributed by atoms with E-state index < -0.39 is 11.6 Å². The Morgan fingerprint density at radius 2 is 2.15 bits per heavy atom. The van der Waals surface area contributed by atoms with Crippen molar-refractivity contribution < 1.29 is 13.5 Å². The van der Waals surface area contributed by atoms with Crippen LogP contribution in [-0.2, 0) is 11.3 Å². The lowest BCUT2D eigenvalue weighted by Crippen LogP contribution is -2.40. The van der Waals surface area contributed by atoms with E-state index in [0.29, 0.717) is 18.8 Å². The molecule has 1 fully saturated rings. The Kier molecular flexibility index (Phi) is 5.31. The van der Waals surface area contributed by atoms with E-state index in [0.717, 1.165) is 25.8 Å². The molecule has 5 heteroatoms. The lowest BCUT2D eigenvalue weighted by Gasteiger charge is -2.34. The maximum Gasteiger partial charge on any atom is 0.182 e. The van der Waals surface area contributed by atoms with Crippen LogP contribution in [0.5, 0.6) is 0 Å². The minimum absolute atomic E-state index is 0.00523. The summed E-state index contributed by atoms with van der Waals surface area (Å²) in [4.78, 5) is 1.86. The van der Waals surface area contributed by atoms with Crippen molar-refractivity contribution in [3.8, 4) is 0 Å². The molecular formula is C15H22F2N2O. The fourth-order valence-corrected chi connectivity index (χ4v) is 2.56. The van der Waals surface area contributed by atoms with Crippen LogP contribution in [0.3, 0.4) is 0 Å². The number of ether oxygens (including phenoxy) is 1. The van der Waals surface area contributed by atoms with Crippen molar-refractivity contribution in [2.45, 2.75) is 38.8 Å². The summed E-state index contributed by atoms with van der Waals surface area (Å²) in [6.07, 6.45) is 2.96. The average molecular weight is 284 g/mol. The van der Waals surface area contributed by atoms with Crippen molar-refractivity contribution >= 4 is 5.69 Å². The average Bonchev–Trinajstić information content (AvgIpc) is 2.48. The molecule has 0 amide bonds. The van der Waals surface area contributed by atoms with E-state index >= 15 is 0 Å². The zero-order valence-corrected chi connectivity index (χ0v) is 11.9. The molecule has 1 aliphatic rings. The summed E-state index contributed by atoms with van der Waals surface area (Å²) in [6, 6.07) is 3.17. The van der Waals surface area contributed by atoms with Gasteiger partial charge in [0.1, 0.15) is 0 Å². The second-order valence-electron chi connectivity index (χ2n) is 5.16. The van der Waals surface area contributed by atoms with E-state index in [1.165, 1.54) is 0 Å². The topological polar surface area (TPSA) is 38.5 Å². The first-order chi connectivity index (χ1) is 9.67. The monoisotopic (exact) mass is 284 g/mol. The highest BCUT2D eigenvalue weighted by atomic mass is 19.2. The number of benzene rings is 1. The molecule has 1 aromatic rings. The van der Waals surface area contributed by atoms with Crippen molar-refractivity contribution in [1.29, 1.82) is 0 Å². The van der Waals surface area contributed by atoms with E-state index in [9.17, 15) is 8.78 Å². The summed E-state index contributed by atoms with van der Waals surface area (Å²) >= 11 is 0. The molecule has 0 saturated carbocycles. The SMILES string of the molecule is CCCOC1CCCN(c2ccc(CN)c(F)c2F)C1. The van der Waals surface area contributed by atoms with Gasteiger partial charge in [-0.05, 0) is 25.3 Å². The number of anilines is 1. The molecule has 0 spiro atoms. The fourth-order valence-electron chi connectivity index (χ4n) is 2.56. The second-order valence-corrected chi connectivity index (χ2v) is 5.16. The minimum atomic E-state index is -0.832. The predicted octanol–water partition coefficient (Wildman–Crippen LogP) is 2.82. The van der Waals surface area contributed by atoms with Crippen LogP contribution in [0.25, 0.3) is 0 Å². The molecule has 0 aliphatic carbocycles. The Balaban J connectivity index is 2.12. The molecule has 0 radical (unpaired) electrons. The predicted molar refractivity (Wildman–Crippen MR) is 75.7 cm³/mol. The lowest BCUT2D eigenvalue weighted by molar-refractivity contribution is 0.0439. The Labute approximate surface area is 118 Å². The maximum atomic E-state index is 14.1. The standard InChI is InChI=1S/C15H22F2N2O/c1-2-8-20-12-4-3-7-19(10-12)13-6-5-11(9-18)14(16)15(13)17/h5-6,12H,2-4,7-10,18H2,1H3. The Morgan fingerprint density at radius 1 is 1.35 bits per heavy atom. The second kappa shape index (κ2) is 6.99. The first-order valence-corrected chi connectivity index (χ1v) is 7.20. The summed E-state index contributed by atoms with van der Waals surface area (Å²) in [5.74, 6) is -1.63. The third-order valence-electron chi connectivity index (χ3n) is 3.64. The van der Waals surface area contributed by atoms with E-state index in [2.05, 4.69) is 6.92 Å². The molecule has 2 N–H and O–H groups in total. The summed E-state index contributed by atoms with van der Waals surface area (Å²) in [7, 11) is 0. The van der Waals surface area contributed by atoms with Gasteiger partial charge >= 0.3 is 0 Å². The van der Waals surface area contributed by atoms with Crippen LogP contribution in [0.1, 0.15) is 31.7 Å². The smallest absolute Gasteiger partial charge is 0.182 e. The number of nitrogens with two attached hydrogens (primary N) is 1. The Hall–Kier alpha value is -1.20. The van der Waals surface area contributed by atoms with Crippen molar-refractivity contribution in [3.63, 3.8) is 0 Å². The van der Waals surface area contributed by atoms with Gasteiger partial charge in [-0.15, -0.1) is 0 Å². The molecule has 112 valence electrons. The van der Waals surface area contributed by atoms with Crippen LogP contribution in [0, 0.1) is 11.6 Å². The lowest BCUT2D eigenvalue weighted by atomic mass is 10.1. The van der Waals surface area contributed by atoms with Gasteiger partial charge in [0.15, 0.2) is 11.6 Å². The third-order valence-corrected chi connectivity index (χ3v) is 3.64. The van der Waals surface area contributed by atoms with Gasteiger partial charge in [0.25, 0.3) is 0 Å². The minimum Gasteiger partial charge on any atom is -0.376 e. The molecule has 1 unspecified atom stereocenters. The summed E-state index contributed by atoms with van der Waals surface area (Å²) in [5, 5.41) is 0. The molecule has 0 aromatic heterocycles. The molecule has 0 bridgehead atoms. The molecule has 1 aromatic carbocycles. The highest BCUT2D eigenvalue weighted by molar-refractivity contribution is 5.50.